The van der Waals surface area contributed by atoms with Gasteiger partial charge in [0.05, 0.1) is 10.6 Å². The zero-order valence-electron chi connectivity index (χ0n) is 13.4. The number of anilines is 1. The van der Waals surface area contributed by atoms with Crippen molar-refractivity contribution in [3.05, 3.63) is 18.6 Å². The highest BCUT2D eigenvalue weighted by molar-refractivity contribution is 7.89. The molecule has 8 heteroatoms. The van der Waals surface area contributed by atoms with E-state index < -0.39 is 15.3 Å². The number of hydrogen-bond acceptors (Lipinski definition) is 5. The Labute approximate surface area is 136 Å². The number of nitrogens with two attached hydrogens (primary N) is 1. The first-order valence-corrected chi connectivity index (χ1v) is 9.51. The zero-order chi connectivity index (χ0) is 16.6. The van der Waals surface area contributed by atoms with Crippen LogP contribution in [0, 0.1) is 5.92 Å². The normalized spacial score (nSPS) is 23.8. The molecule has 2 aromatic rings. The predicted molar refractivity (Wildman–Crippen MR) is 90.6 cm³/mol. The van der Waals surface area contributed by atoms with Crippen LogP contribution in [-0.2, 0) is 10.0 Å². The van der Waals surface area contributed by atoms with Crippen molar-refractivity contribution >= 4 is 26.9 Å². The van der Waals surface area contributed by atoms with Crippen molar-refractivity contribution in [3.63, 3.8) is 0 Å². The second-order valence-electron chi connectivity index (χ2n) is 6.41. The standard InChI is InChI=1S/C15H23N5O2S/c1-10(23(16,21)22)11-3-5-12(6-4-11)20(2)15-13-7-8-17-14(13)18-9-19-15/h7-12H,3-6H2,1-2H3,(H2,16,21,22)(H,17,18,19)/t10-,11?,12?/m1/s1. The summed E-state index contributed by atoms with van der Waals surface area (Å²) in [6.07, 6.45) is 7.05. The Balaban J connectivity index is 1.71. The summed E-state index contributed by atoms with van der Waals surface area (Å²) < 4.78 is 23.1. The molecule has 3 N–H and O–H groups in total. The Morgan fingerprint density at radius 3 is 2.65 bits per heavy atom. The molecule has 1 fully saturated rings. The minimum absolute atomic E-state index is 0.146. The van der Waals surface area contributed by atoms with Gasteiger partial charge < -0.3 is 9.88 Å². The van der Waals surface area contributed by atoms with Gasteiger partial charge in [0.2, 0.25) is 10.0 Å². The van der Waals surface area contributed by atoms with Crippen molar-refractivity contribution in [2.75, 3.05) is 11.9 Å². The van der Waals surface area contributed by atoms with Crippen LogP contribution >= 0.6 is 0 Å². The molecular formula is C15H23N5O2S. The van der Waals surface area contributed by atoms with Gasteiger partial charge in [-0.05, 0) is 44.6 Å². The van der Waals surface area contributed by atoms with Crippen LogP contribution in [0.5, 0.6) is 0 Å². The van der Waals surface area contributed by atoms with Crippen LogP contribution in [0.3, 0.4) is 0 Å². The summed E-state index contributed by atoms with van der Waals surface area (Å²) in [5.41, 5.74) is 0.832. The molecule has 0 unspecified atom stereocenters. The maximum atomic E-state index is 11.5. The molecule has 0 aromatic carbocycles. The van der Waals surface area contributed by atoms with Crippen LogP contribution < -0.4 is 10.0 Å². The average Bonchev–Trinajstić information content (AvgIpc) is 3.01. The molecule has 0 radical (unpaired) electrons. The Hall–Kier alpha value is -1.67. The molecule has 2 heterocycles. The quantitative estimate of drug-likeness (QED) is 0.882. The second-order valence-corrected chi connectivity index (χ2v) is 8.33. The third-order valence-corrected chi connectivity index (χ3v) is 6.56. The number of rotatable bonds is 4. The number of H-pyrrole nitrogens is 1. The Morgan fingerprint density at radius 2 is 2.00 bits per heavy atom. The van der Waals surface area contributed by atoms with Crippen LogP contribution in [0.1, 0.15) is 32.6 Å². The molecule has 3 rings (SSSR count). The minimum atomic E-state index is -3.45. The van der Waals surface area contributed by atoms with Gasteiger partial charge in [-0.1, -0.05) is 0 Å². The Morgan fingerprint density at radius 1 is 1.30 bits per heavy atom. The highest BCUT2D eigenvalue weighted by Gasteiger charge is 2.32. The molecule has 1 saturated carbocycles. The van der Waals surface area contributed by atoms with Crippen LogP contribution in [0.25, 0.3) is 11.0 Å². The van der Waals surface area contributed by atoms with Crippen LogP contribution in [0.2, 0.25) is 0 Å². The molecule has 2 aromatic heterocycles. The molecule has 23 heavy (non-hydrogen) atoms. The van der Waals surface area contributed by atoms with Crippen LogP contribution in [-0.4, -0.2) is 41.7 Å². The summed E-state index contributed by atoms with van der Waals surface area (Å²) >= 11 is 0. The topological polar surface area (TPSA) is 105 Å². The molecule has 1 aliphatic carbocycles. The third-order valence-electron chi connectivity index (χ3n) is 5.14. The van der Waals surface area contributed by atoms with E-state index in [1.54, 1.807) is 13.3 Å². The van der Waals surface area contributed by atoms with Crippen LogP contribution in [0.4, 0.5) is 5.82 Å². The maximum Gasteiger partial charge on any atom is 0.211 e. The summed E-state index contributed by atoms with van der Waals surface area (Å²) in [6, 6.07) is 2.34. The molecule has 7 nitrogen and oxygen atoms in total. The first kappa shape index (κ1) is 16.2. The van der Waals surface area contributed by atoms with Crippen molar-refractivity contribution in [1.29, 1.82) is 0 Å². The first-order valence-electron chi connectivity index (χ1n) is 7.90. The summed E-state index contributed by atoms with van der Waals surface area (Å²) in [6.45, 7) is 1.72. The van der Waals surface area contributed by atoms with E-state index in [9.17, 15) is 8.42 Å². The smallest absolute Gasteiger partial charge is 0.211 e. The number of fused-ring (bicyclic) bond motifs is 1. The fourth-order valence-corrected chi connectivity index (χ4v) is 4.35. The van der Waals surface area contributed by atoms with Crippen molar-refractivity contribution in [2.24, 2.45) is 11.1 Å². The largest absolute Gasteiger partial charge is 0.356 e. The highest BCUT2D eigenvalue weighted by atomic mass is 32.2. The number of aromatic amines is 1. The fraction of sp³-hybridized carbons (Fsp3) is 0.600. The summed E-state index contributed by atoms with van der Waals surface area (Å²) in [4.78, 5) is 13.9. The second kappa shape index (κ2) is 6.09. The Bertz CT molecular complexity index is 780. The van der Waals surface area contributed by atoms with Gasteiger partial charge >= 0.3 is 0 Å². The van der Waals surface area contributed by atoms with Crippen molar-refractivity contribution in [1.82, 2.24) is 15.0 Å². The van der Waals surface area contributed by atoms with Gasteiger partial charge in [-0.3, -0.25) is 0 Å². The number of primary sulfonamides is 1. The van der Waals surface area contributed by atoms with Gasteiger partial charge in [-0.2, -0.15) is 0 Å². The SMILES string of the molecule is C[C@H](C1CCC(N(C)c2ncnc3[nH]ccc23)CC1)S(N)(=O)=O. The summed E-state index contributed by atoms with van der Waals surface area (Å²) in [5, 5.41) is 5.83. The number of nitrogens with one attached hydrogen (secondary N) is 1. The lowest BCUT2D eigenvalue weighted by molar-refractivity contribution is 0.313. The van der Waals surface area contributed by atoms with Gasteiger partial charge in [0, 0.05) is 19.3 Å². The zero-order valence-corrected chi connectivity index (χ0v) is 14.3. The molecular weight excluding hydrogens is 314 g/mol. The van der Waals surface area contributed by atoms with Crippen molar-refractivity contribution in [3.8, 4) is 0 Å². The fourth-order valence-electron chi connectivity index (χ4n) is 3.54. The van der Waals surface area contributed by atoms with E-state index in [1.807, 2.05) is 19.3 Å². The van der Waals surface area contributed by atoms with E-state index in [0.29, 0.717) is 6.04 Å². The molecule has 0 saturated heterocycles. The number of sulfonamides is 1. The van der Waals surface area contributed by atoms with Gasteiger partial charge in [-0.25, -0.2) is 23.5 Å². The lowest BCUT2D eigenvalue weighted by Crippen LogP contribution is -2.40. The van der Waals surface area contributed by atoms with E-state index in [4.69, 9.17) is 5.14 Å². The van der Waals surface area contributed by atoms with E-state index in [2.05, 4.69) is 19.9 Å². The lowest BCUT2D eigenvalue weighted by atomic mass is 9.83. The monoisotopic (exact) mass is 337 g/mol. The van der Waals surface area contributed by atoms with E-state index >= 15 is 0 Å². The third kappa shape index (κ3) is 3.18. The first-order chi connectivity index (χ1) is 10.9. The van der Waals surface area contributed by atoms with Gasteiger partial charge in [0.25, 0.3) is 0 Å². The highest BCUT2D eigenvalue weighted by Crippen LogP contribution is 2.33. The molecule has 0 aliphatic heterocycles. The van der Waals surface area contributed by atoms with E-state index in [-0.39, 0.29) is 5.92 Å². The molecule has 0 bridgehead atoms. The molecule has 0 spiro atoms. The average molecular weight is 337 g/mol. The summed E-state index contributed by atoms with van der Waals surface area (Å²) in [7, 11) is -1.41. The van der Waals surface area contributed by atoms with Crippen LogP contribution in [0.15, 0.2) is 18.6 Å². The summed E-state index contributed by atoms with van der Waals surface area (Å²) in [5.74, 6) is 1.06. The Kier molecular flexibility index (Phi) is 4.29. The van der Waals surface area contributed by atoms with Gasteiger partial charge in [0.15, 0.2) is 0 Å². The number of hydrogen-bond donors (Lipinski definition) is 2. The van der Waals surface area contributed by atoms with Crippen molar-refractivity contribution in [2.45, 2.75) is 43.9 Å². The van der Waals surface area contributed by atoms with Crippen molar-refractivity contribution < 1.29 is 8.42 Å². The molecule has 0 amide bonds. The number of aromatic nitrogens is 3. The van der Waals surface area contributed by atoms with Gasteiger partial charge in [0.1, 0.15) is 17.8 Å². The van der Waals surface area contributed by atoms with Gasteiger partial charge in [-0.15, -0.1) is 0 Å². The molecule has 1 aliphatic rings. The van der Waals surface area contributed by atoms with E-state index in [1.165, 1.54) is 0 Å². The van der Waals surface area contributed by atoms with E-state index in [0.717, 1.165) is 42.5 Å². The predicted octanol–water partition coefficient (Wildman–Crippen LogP) is 1.63. The molecule has 1 atom stereocenters. The number of nitrogens with zero attached hydrogens (tertiary/aromatic N) is 3. The maximum absolute atomic E-state index is 11.5. The molecule has 126 valence electrons. The lowest BCUT2D eigenvalue weighted by Gasteiger charge is -2.36. The minimum Gasteiger partial charge on any atom is -0.356 e.